The van der Waals surface area contributed by atoms with Crippen molar-refractivity contribution in [2.24, 2.45) is 0 Å². The van der Waals surface area contributed by atoms with E-state index in [-0.39, 0.29) is 17.9 Å². The molecule has 2 aliphatic heterocycles. The minimum atomic E-state index is -0.0510. The highest BCUT2D eigenvalue weighted by Crippen LogP contribution is 2.19. The Labute approximate surface area is 208 Å². The molecule has 0 atom stereocenters. The van der Waals surface area contributed by atoms with Gasteiger partial charge < -0.3 is 21.1 Å². The van der Waals surface area contributed by atoms with E-state index in [1.165, 1.54) is 4.80 Å². The van der Waals surface area contributed by atoms with E-state index in [0.717, 1.165) is 42.5 Å². The summed E-state index contributed by atoms with van der Waals surface area (Å²) >= 11 is 6.17. The Morgan fingerprint density at radius 3 is 2.83 bits per heavy atom. The van der Waals surface area contributed by atoms with E-state index in [9.17, 15) is 9.59 Å². The Balaban J connectivity index is 1.23. The van der Waals surface area contributed by atoms with Gasteiger partial charge in [-0.15, -0.1) is 10.2 Å². The number of hydrazine groups is 2. The Morgan fingerprint density at radius 2 is 2.11 bits per heavy atom. The molecule has 2 aliphatic rings. The largest absolute Gasteiger partial charge is 0.353 e. The van der Waals surface area contributed by atoms with Gasteiger partial charge in [-0.05, 0) is 67.2 Å². The van der Waals surface area contributed by atoms with E-state index in [2.05, 4.69) is 37.1 Å². The number of nitrogens with zero attached hydrogens (tertiary/aromatic N) is 5. The quantitative estimate of drug-likeness (QED) is 0.381. The number of halogens is 1. The number of aromatic nitrogens is 4. The number of hydrogen-bond acceptors (Lipinski definition) is 8. The summed E-state index contributed by atoms with van der Waals surface area (Å²) in [7, 11) is 0. The number of piperidine rings is 1. The van der Waals surface area contributed by atoms with Crippen LogP contribution in [0.4, 0.5) is 0 Å². The number of carbonyl (C=O) groups excluding carboxylic acids is 2. The van der Waals surface area contributed by atoms with Gasteiger partial charge in [-0.25, -0.2) is 0 Å². The van der Waals surface area contributed by atoms with E-state index < -0.39 is 0 Å². The third kappa shape index (κ3) is 7.27. The summed E-state index contributed by atoms with van der Waals surface area (Å²) in [6.45, 7) is 3.40. The number of amides is 2. The molecule has 1 fully saturated rings. The van der Waals surface area contributed by atoms with Gasteiger partial charge in [0.15, 0.2) is 5.82 Å². The van der Waals surface area contributed by atoms with Crippen LogP contribution < -0.4 is 21.7 Å². The van der Waals surface area contributed by atoms with Crippen LogP contribution in [-0.4, -0.2) is 56.1 Å². The molecule has 0 spiro atoms. The second-order valence-electron chi connectivity index (χ2n) is 8.63. The van der Waals surface area contributed by atoms with Crippen LogP contribution in [0.2, 0.25) is 5.02 Å². The van der Waals surface area contributed by atoms with Gasteiger partial charge in [0, 0.05) is 48.5 Å². The third-order valence-electron chi connectivity index (χ3n) is 5.94. The van der Waals surface area contributed by atoms with Crippen LogP contribution in [0, 0.1) is 6.92 Å². The molecule has 0 aliphatic carbocycles. The molecule has 0 saturated carbocycles. The predicted molar refractivity (Wildman–Crippen MR) is 131 cm³/mol. The molecule has 3 heterocycles. The lowest BCUT2D eigenvalue weighted by atomic mass is 10.0. The number of aryl methyl sites for hydroxylation is 1. The van der Waals surface area contributed by atoms with Crippen LogP contribution in [0.5, 0.6) is 0 Å². The van der Waals surface area contributed by atoms with Gasteiger partial charge >= 0.3 is 0 Å². The van der Waals surface area contributed by atoms with E-state index >= 15 is 0 Å². The van der Waals surface area contributed by atoms with Gasteiger partial charge in [-0.3, -0.25) is 9.59 Å². The van der Waals surface area contributed by atoms with Crippen LogP contribution in [0.1, 0.15) is 49.1 Å². The van der Waals surface area contributed by atoms with Crippen molar-refractivity contribution >= 4 is 29.5 Å². The summed E-state index contributed by atoms with van der Waals surface area (Å²) in [6.07, 6.45) is 8.78. The predicted octanol–water partition coefficient (Wildman–Crippen LogP) is 1.43. The lowest BCUT2D eigenvalue weighted by molar-refractivity contribution is -0.127. The summed E-state index contributed by atoms with van der Waals surface area (Å²) in [5.74, 6) is 0.597. The van der Waals surface area contributed by atoms with Crippen LogP contribution in [0.15, 0.2) is 36.2 Å². The second kappa shape index (κ2) is 11.8. The van der Waals surface area contributed by atoms with Crippen molar-refractivity contribution in [1.82, 2.24) is 46.8 Å². The van der Waals surface area contributed by atoms with E-state index in [1.54, 1.807) is 25.1 Å². The number of benzene rings is 1. The normalized spacial score (nSPS) is 16.2. The zero-order chi connectivity index (χ0) is 24.6. The molecule has 2 aromatic rings. The Hall–Kier alpha value is -3.44. The zero-order valence-electron chi connectivity index (χ0n) is 19.6. The van der Waals surface area contributed by atoms with Crippen LogP contribution >= 0.6 is 11.6 Å². The lowest BCUT2D eigenvalue weighted by Gasteiger charge is -2.31. The number of nitrogens with one attached hydrogen (secondary N) is 4. The number of hydrogen-bond donors (Lipinski definition) is 4. The maximum Gasteiger partial charge on any atom is 0.246 e. The van der Waals surface area contributed by atoms with E-state index in [4.69, 9.17) is 11.6 Å². The molecule has 4 rings (SSSR count). The first-order valence-corrected chi connectivity index (χ1v) is 12.1. The highest BCUT2D eigenvalue weighted by atomic mass is 35.5. The van der Waals surface area contributed by atoms with E-state index in [1.807, 2.05) is 23.2 Å². The fourth-order valence-corrected chi connectivity index (χ4v) is 4.27. The highest BCUT2D eigenvalue weighted by Gasteiger charge is 2.22. The molecule has 4 N–H and O–H groups in total. The van der Waals surface area contributed by atoms with Crippen molar-refractivity contribution in [3.63, 3.8) is 0 Å². The molecule has 0 bridgehead atoms. The number of tetrazole rings is 1. The van der Waals surface area contributed by atoms with E-state index in [0.29, 0.717) is 36.9 Å². The fraction of sp³-hybridized carbons (Fsp3) is 0.435. The molecule has 2 amide bonds. The van der Waals surface area contributed by atoms with Crippen molar-refractivity contribution < 1.29 is 9.59 Å². The maximum absolute atomic E-state index is 12.8. The van der Waals surface area contributed by atoms with Gasteiger partial charge in [0.25, 0.3) is 0 Å². The standard InChI is InChI=1S/C23H30ClN9O2/c1-16-27-31-33(29-16)15-18-13-19(24)7-5-17(18)6-8-23(35)32-11-9-20(10-12-32)26-22(34)4-2-3-21-14-25-30-28-21/h5-8,13-14,20,25,28,30H,2-4,9-12,15H2,1H3,(H,26,34)/b8-6+. The number of allylic oxidation sites excluding steroid dienone is 1. The first-order valence-electron chi connectivity index (χ1n) is 11.7. The average molecular weight is 500 g/mol. The maximum atomic E-state index is 12.8. The first-order chi connectivity index (χ1) is 17.0. The number of likely N-dealkylation sites (tertiary alicyclic amines) is 1. The van der Waals surface area contributed by atoms with Crippen molar-refractivity contribution in [3.05, 3.63) is 58.1 Å². The fourth-order valence-electron chi connectivity index (χ4n) is 4.08. The monoisotopic (exact) mass is 499 g/mol. The van der Waals surface area contributed by atoms with Crippen LogP contribution in [0.3, 0.4) is 0 Å². The topological polar surface area (TPSA) is 129 Å². The minimum absolute atomic E-state index is 0.0510. The molecular formula is C23H30ClN9O2. The van der Waals surface area contributed by atoms with Gasteiger partial charge in [-0.2, -0.15) is 10.3 Å². The Morgan fingerprint density at radius 1 is 1.29 bits per heavy atom. The molecule has 11 nitrogen and oxygen atoms in total. The lowest BCUT2D eigenvalue weighted by Crippen LogP contribution is -2.46. The molecule has 1 aromatic carbocycles. The minimum Gasteiger partial charge on any atom is -0.353 e. The Bertz CT molecular complexity index is 1110. The molecule has 1 saturated heterocycles. The molecule has 0 unspecified atom stereocenters. The molecular weight excluding hydrogens is 470 g/mol. The molecule has 186 valence electrons. The molecule has 12 heteroatoms. The van der Waals surface area contributed by atoms with Crippen LogP contribution in [0.25, 0.3) is 6.08 Å². The number of rotatable bonds is 9. The van der Waals surface area contributed by atoms with Crippen LogP contribution in [-0.2, 0) is 16.1 Å². The summed E-state index contributed by atoms with van der Waals surface area (Å²) in [5.41, 5.74) is 11.4. The summed E-state index contributed by atoms with van der Waals surface area (Å²) in [4.78, 5) is 28.3. The molecule has 35 heavy (non-hydrogen) atoms. The van der Waals surface area contributed by atoms with Gasteiger partial charge in [0.1, 0.15) is 0 Å². The summed E-state index contributed by atoms with van der Waals surface area (Å²) in [5, 5.41) is 15.8. The van der Waals surface area contributed by atoms with Gasteiger partial charge in [-0.1, -0.05) is 17.7 Å². The van der Waals surface area contributed by atoms with Gasteiger partial charge in [0.05, 0.1) is 6.54 Å². The second-order valence-corrected chi connectivity index (χ2v) is 9.06. The third-order valence-corrected chi connectivity index (χ3v) is 6.17. The van der Waals surface area contributed by atoms with Gasteiger partial charge in [0.2, 0.25) is 11.8 Å². The van der Waals surface area contributed by atoms with Crippen molar-refractivity contribution in [2.75, 3.05) is 13.1 Å². The zero-order valence-corrected chi connectivity index (χ0v) is 20.4. The number of carbonyl (C=O) groups is 2. The summed E-state index contributed by atoms with van der Waals surface area (Å²) < 4.78 is 0. The van der Waals surface area contributed by atoms with Crippen molar-refractivity contribution in [2.45, 2.75) is 51.6 Å². The molecule has 0 radical (unpaired) electrons. The summed E-state index contributed by atoms with van der Waals surface area (Å²) in [6, 6.07) is 5.61. The van der Waals surface area contributed by atoms with Crippen molar-refractivity contribution in [1.29, 1.82) is 0 Å². The van der Waals surface area contributed by atoms with Crippen molar-refractivity contribution in [3.8, 4) is 0 Å². The molecule has 1 aromatic heterocycles. The SMILES string of the molecule is Cc1nnn(Cc2cc(Cl)ccc2/C=C/C(=O)N2CCC(NC(=O)CCCC3=CNNN3)CC2)n1. The first kappa shape index (κ1) is 24.7. The average Bonchev–Trinajstić information content (AvgIpc) is 3.50. The Kier molecular flexibility index (Phi) is 8.32. The smallest absolute Gasteiger partial charge is 0.246 e. The highest BCUT2D eigenvalue weighted by molar-refractivity contribution is 6.30.